The van der Waals surface area contributed by atoms with Gasteiger partial charge in [0.25, 0.3) is 0 Å². The van der Waals surface area contributed by atoms with Gasteiger partial charge in [-0.1, -0.05) is 13.8 Å². The van der Waals surface area contributed by atoms with Crippen LogP contribution in [0, 0.1) is 6.92 Å². The summed E-state index contributed by atoms with van der Waals surface area (Å²) in [5.41, 5.74) is 1.75. The lowest BCUT2D eigenvalue weighted by Crippen LogP contribution is -2.04. The standard InChI is InChI=1S/C12H13NO2.C2H6/c1-3-15-9-4-5-11-10(7-9)8(2)6-12(14)13-11;1-2/h4-7H,3H2,1-2H3,(H,13,14);1-2H3. The normalized spacial score (nSPS) is 9.65. The molecule has 0 bridgehead atoms. The van der Waals surface area contributed by atoms with E-state index in [1.165, 1.54) is 0 Å². The van der Waals surface area contributed by atoms with Gasteiger partial charge in [0.15, 0.2) is 0 Å². The Hall–Kier alpha value is -1.77. The van der Waals surface area contributed by atoms with Crippen molar-refractivity contribution < 1.29 is 4.74 Å². The molecule has 0 amide bonds. The molecule has 92 valence electrons. The largest absolute Gasteiger partial charge is 0.494 e. The molecular weight excluding hydrogens is 214 g/mol. The van der Waals surface area contributed by atoms with Gasteiger partial charge in [-0.3, -0.25) is 4.79 Å². The van der Waals surface area contributed by atoms with E-state index in [1.54, 1.807) is 6.07 Å². The number of aromatic nitrogens is 1. The first kappa shape index (κ1) is 13.3. The van der Waals surface area contributed by atoms with E-state index in [1.807, 2.05) is 45.9 Å². The van der Waals surface area contributed by atoms with Gasteiger partial charge in [-0.15, -0.1) is 0 Å². The lowest BCUT2D eigenvalue weighted by atomic mass is 10.1. The summed E-state index contributed by atoms with van der Waals surface area (Å²) in [7, 11) is 0. The van der Waals surface area contributed by atoms with E-state index in [0.29, 0.717) is 6.61 Å². The third kappa shape index (κ3) is 3.09. The fourth-order valence-electron chi connectivity index (χ4n) is 1.66. The minimum absolute atomic E-state index is 0.0656. The highest BCUT2D eigenvalue weighted by Gasteiger charge is 2.01. The number of fused-ring (bicyclic) bond motifs is 1. The summed E-state index contributed by atoms with van der Waals surface area (Å²) in [4.78, 5) is 14.0. The van der Waals surface area contributed by atoms with Crippen LogP contribution in [0.5, 0.6) is 5.75 Å². The highest BCUT2D eigenvalue weighted by atomic mass is 16.5. The van der Waals surface area contributed by atoms with Gasteiger partial charge in [0, 0.05) is 17.0 Å². The molecule has 0 unspecified atom stereocenters. The molecule has 1 aromatic carbocycles. The van der Waals surface area contributed by atoms with Crippen LogP contribution in [0.1, 0.15) is 26.3 Å². The van der Waals surface area contributed by atoms with Crippen LogP contribution in [0.25, 0.3) is 10.9 Å². The van der Waals surface area contributed by atoms with E-state index in [9.17, 15) is 4.79 Å². The number of aromatic amines is 1. The van der Waals surface area contributed by atoms with E-state index < -0.39 is 0 Å². The molecule has 1 N–H and O–H groups in total. The van der Waals surface area contributed by atoms with Gasteiger partial charge in [-0.05, 0) is 37.6 Å². The van der Waals surface area contributed by atoms with Gasteiger partial charge < -0.3 is 9.72 Å². The van der Waals surface area contributed by atoms with Crippen molar-refractivity contribution in [2.75, 3.05) is 6.61 Å². The van der Waals surface area contributed by atoms with Crippen molar-refractivity contribution in [3.05, 3.63) is 40.2 Å². The van der Waals surface area contributed by atoms with Crippen LogP contribution in [-0.2, 0) is 0 Å². The van der Waals surface area contributed by atoms with Gasteiger partial charge in [-0.2, -0.15) is 0 Å². The van der Waals surface area contributed by atoms with E-state index in [0.717, 1.165) is 22.2 Å². The summed E-state index contributed by atoms with van der Waals surface area (Å²) >= 11 is 0. The van der Waals surface area contributed by atoms with Crippen LogP contribution < -0.4 is 10.3 Å². The Balaban J connectivity index is 0.000000686. The highest BCUT2D eigenvalue weighted by molar-refractivity contribution is 5.83. The molecule has 2 rings (SSSR count). The molecule has 2 aromatic rings. The second-order valence-electron chi connectivity index (χ2n) is 3.46. The Morgan fingerprint density at radius 2 is 1.94 bits per heavy atom. The average Bonchev–Trinajstić information content (AvgIpc) is 2.33. The summed E-state index contributed by atoms with van der Waals surface area (Å²) in [6, 6.07) is 7.28. The molecule has 0 spiro atoms. The summed E-state index contributed by atoms with van der Waals surface area (Å²) < 4.78 is 5.41. The van der Waals surface area contributed by atoms with Gasteiger partial charge >= 0.3 is 0 Å². The predicted molar refractivity (Wildman–Crippen MR) is 71.8 cm³/mol. The average molecular weight is 233 g/mol. The summed E-state index contributed by atoms with van der Waals surface area (Å²) in [5.74, 6) is 0.833. The van der Waals surface area contributed by atoms with Crippen molar-refractivity contribution in [3.63, 3.8) is 0 Å². The van der Waals surface area contributed by atoms with Gasteiger partial charge in [0.2, 0.25) is 5.56 Å². The molecular formula is C14H19NO2. The van der Waals surface area contributed by atoms with Crippen LogP contribution in [0.2, 0.25) is 0 Å². The molecule has 0 aliphatic carbocycles. The van der Waals surface area contributed by atoms with E-state index >= 15 is 0 Å². The molecule has 1 heterocycles. The molecule has 0 radical (unpaired) electrons. The number of pyridine rings is 1. The number of hydrogen-bond acceptors (Lipinski definition) is 2. The lowest BCUT2D eigenvalue weighted by molar-refractivity contribution is 0.340. The third-order valence-corrected chi connectivity index (χ3v) is 2.33. The molecule has 1 aromatic heterocycles. The van der Waals surface area contributed by atoms with Crippen LogP contribution >= 0.6 is 0 Å². The van der Waals surface area contributed by atoms with E-state index in [2.05, 4.69) is 4.98 Å². The number of ether oxygens (including phenoxy) is 1. The fourth-order valence-corrected chi connectivity index (χ4v) is 1.66. The fraction of sp³-hybridized carbons (Fsp3) is 0.357. The molecule has 0 aliphatic heterocycles. The zero-order valence-electron chi connectivity index (χ0n) is 10.8. The predicted octanol–water partition coefficient (Wildman–Crippen LogP) is 3.26. The van der Waals surface area contributed by atoms with Crippen LogP contribution in [-0.4, -0.2) is 11.6 Å². The van der Waals surface area contributed by atoms with Gasteiger partial charge in [0.05, 0.1) is 6.61 Å². The van der Waals surface area contributed by atoms with Crippen molar-refractivity contribution in [2.45, 2.75) is 27.7 Å². The molecule has 17 heavy (non-hydrogen) atoms. The Bertz CT molecular complexity index is 543. The minimum atomic E-state index is -0.0656. The maximum Gasteiger partial charge on any atom is 0.248 e. The minimum Gasteiger partial charge on any atom is -0.494 e. The number of benzene rings is 1. The SMILES string of the molecule is CC.CCOc1ccc2[nH]c(=O)cc(C)c2c1. The topological polar surface area (TPSA) is 42.1 Å². The third-order valence-electron chi connectivity index (χ3n) is 2.33. The quantitative estimate of drug-likeness (QED) is 0.865. The summed E-state index contributed by atoms with van der Waals surface area (Å²) in [5, 5.41) is 1.03. The van der Waals surface area contributed by atoms with Crippen molar-refractivity contribution >= 4 is 10.9 Å². The molecule has 0 saturated heterocycles. The first-order valence-electron chi connectivity index (χ1n) is 5.97. The maximum atomic E-state index is 11.2. The molecule has 0 atom stereocenters. The molecule has 3 nitrogen and oxygen atoms in total. The number of rotatable bonds is 2. The van der Waals surface area contributed by atoms with Crippen molar-refractivity contribution in [2.24, 2.45) is 0 Å². The molecule has 0 aliphatic rings. The van der Waals surface area contributed by atoms with Crippen molar-refractivity contribution in [3.8, 4) is 5.75 Å². The van der Waals surface area contributed by atoms with Crippen molar-refractivity contribution in [1.82, 2.24) is 4.98 Å². The second kappa shape index (κ2) is 6.09. The Morgan fingerprint density at radius 3 is 2.59 bits per heavy atom. The molecule has 3 heteroatoms. The Labute approximate surface area is 101 Å². The first-order chi connectivity index (χ1) is 8.20. The Kier molecular flexibility index (Phi) is 4.76. The van der Waals surface area contributed by atoms with Crippen LogP contribution in [0.3, 0.4) is 0 Å². The van der Waals surface area contributed by atoms with Gasteiger partial charge in [-0.25, -0.2) is 0 Å². The molecule has 0 fully saturated rings. The molecule has 0 saturated carbocycles. The van der Waals surface area contributed by atoms with E-state index in [4.69, 9.17) is 4.74 Å². The highest BCUT2D eigenvalue weighted by Crippen LogP contribution is 2.20. The second-order valence-corrected chi connectivity index (χ2v) is 3.46. The maximum absolute atomic E-state index is 11.2. The van der Waals surface area contributed by atoms with E-state index in [-0.39, 0.29) is 5.56 Å². The number of hydrogen-bond donors (Lipinski definition) is 1. The monoisotopic (exact) mass is 233 g/mol. The number of nitrogens with one attached hydrogen (secondary N) is 1. The zero-order chi connectivity index (χ0) is 12.8. The zero-order valence-corrected chi connectivity index (χ0v) is 10.8. The first-order valence-corrected chi connectivity index (χ1v) is 5.97. The smallest absolute Gasteiger partial charge is 0.248 e. The lowest BCUT2D eigenvalue weighted by Gasteiger charge is -2.06. The Morgan fingerprint density at radius 1 is 1.24 bits per heavy atom. The van der Waals surface area contributed by atoms with Crippen LogP contribution in [0.4, 0.5) is 0 Å². The summed E-state index contributed by atoms with van der Waals surface area (Å²) in [6.07, 6.45) is 0. The summed E-state index contributed by atoms with van der Waals surface area (Å²) in [6.45, 7) is 8.52. The van der Waals surface area contributed by atoms with Gasteiger partial charge in [0.1, 0.15) is 5.75 Å². The number of H-pyrrole nitrogens is 1. The van der Waals surface area contributed by atoms with Crippen LogP contribution in [0.15, 0.2) is 29.1 Å². The number of aryl methyl sites for hydroxylation is 1. The van der Waals surface area contributed by atoms with Crippen molar-refractivity contribution in [1.29, 1.82) is 0 Å².